The first-order valence-electron chi connectivity index (χ1n) is 8.39. The Morgan fingerprint density at radius 3 is 2.46 bits per heavy atom. The van der Waals surface area contributed by atoms with Crippen LogP contribution < -0.4 is 10.0 Å². The molecule has 0 bridgehead atoms. The van der Waals surface area contributed by atoms with Crippen LogP contribution in [0.25, 0.3) is 0 Å². The van der Waals surface area contributed by atoms with Gasteiger partial charge in [-0.1, -0.05) is 6.07 Å². The van der Waals surface area contributed by atoms with Gasteiger partial charge >= 0.3 is 16.2 Å². The fourth-order valence-corrected chi connectivity index (χ4v) is 3.11. The first kappa shape index (κ1) is 20.4. The molecule has 9 nitrogen and oxygen atoms in total. The van der Waals surface area contributed by atoms with Gasteiger partial charge in [0, 0.05) is 59.6 Å². The summed E-state index contributed by atoms with van der Waals surface area (Å²) in [5, 5.41) is 2.82. The molecular formula is C16H27N5O4S. The zero-order valence-corrected chi connectivity index (χ0v) is 16.3. The van der Waals surface area contributed by atoms with Gasteiger partial charge in [-0.25, -0.2) is 4.79 Å². The first-order valence-corrected chi connectivity index (χ1v) is 9.83. The van der Waals surface area contributed by atoms with E-state index in [9.17, 15) is 13.2 Å². The number of carbonyl (C=O) groups excluding carboxylic acids is 1. The number of rotatable bonds is 7. The summed E-state index contributed by atoms with van der Waals surface area (Å²) in [5.41, 5.74) is 0.927. The van der Waals surface area contributed by atoms with Crippen LogP contribution in [0.4, 0.5) is 16.2 Å². The van der Waals surface area contributed by atoms with Crippen molar-refractivity contribution in [1.82, 2.24) is 14.1 Å². The predicted octanol–water partition coefficient (Wildman–Crippen LogP) is 0.701. The SMILES string of the molecule is COCCN1CCN(C(=O)Nc2cccc(NS(=O)(=O)N(C)C)c2)CC1. The summed E-state index contributed by atoms with van der Waals surface area (Å²) in [6.45, 7) is 4.44. The van der Waals surface area contributed by atoms with E-state index in [0.717, 1.165) is 23.9 Å². The van der Waals surface area contributed by atoms with Gasteiger partial charge in [-0.05, 0) is 18.2 Å². The minimum atomic E-state index is -3.59. The fourth-order valence-electron chi connectivity index (χ4n) is 2.50. The second-order valence-electron chi connectivity index (χ2n) is 6.22. The zero-order valence-electron chi connectivity index (χ0n) is 15.4. The van der Waals surface area contributed by atoms with Crippen molar-refractivity contribution in [2.45, 2.75) is 0 Å². The summed E-state index contributed by atoms with van der Waals surface area (Å²) in [5.74, 6) is 0. The lowest BCUT2D eigenvalue weighted by molar-refractivity contribution is 0.109. The van der Waals surface area contributed by atoms with Crippen molar-refractivity contribution < 1.29 is 17.9 Å². The van der Waals surface area contributed by atoms with Crippen LogP contribution in [0.2, 0.25) is 0 Å². The Bertz CT molecular complexity index is 702. The van der Waals surface area contributed by atoms with E-state index in [-0.39, 0.29) is 6.03 Å². The molecule has 2 amide bonds. The quantitative estimate of drug-likeness (QED) is 0.721. The minimum absolute atomic E-state index is 0.191. The van der Waals surface area contributed by atoms with Crippen LogP contribution in [0.5, 0.6) is 0 Å². The molecule has 0 radical (unpaired) electrons. The molecule has 0 atom stereocenters. The van der Waals surface area contributed by atoms with Gasteiger partial charge in [0.15, 0.2) is 0 Å². The Hall–Kier alpha value is -1.88. The van der Waals surface area contributed by atoms with Crippen molar-refractivity contribution in [2.24, 2.45) is 0 Å². The molecule has 1 aromatic rings. The number of urea groups is 1. The number of nitrogens with one attached hydrogen (secondary N) is 2. The third-order valence-electron chi connectivity index (χ3n) is 4.11. The Kier molecular flexibility index (Phi) is 7.21. The maximum absolute atomic E-state index is 12.4. The highest BCUT2D eigenvalue weighted by atomic mass is 32.2. The molecule has 0 saturated carbocycles. The topological polar surface area (TPSA) is 94.2 Å². The molecule has 1 aliphatic heterocycles. The van der Waals surface area contributed by atoms with Gasteiger partial charge in [0.2, 0.25) is 0 Å². The summed E-state index contributed by atoms with van der Waals surface area (Å²) in [7, 11) is 0.980. The van der Waals surface area contributed by atoms with Crippen LogP contribution in [0, 0.1) is 0 Å². The highest BCUT2D eigenvalue weighted by Crippen LogP contribution is 2.17. The first-order chi connectivity index (χ1) is 12.3. The molecule has 2 rings (SSSR count). The second kappa shape index (κ2) is 9.17. The Morgan fingerprint density at radius 2 is 1.85 bits per heavy atom. The number of nitrogens with zero attached hydrogens (tertiary/aromatic N) is 3. The van der Waals surface area contributed by atoms with E-state index in [4.69, 9.17) is 4.74 Å². The van der Waals surface area contributed by atoms with E-state index in [1.165, 1.54) is 14.1 Å². The van der Waals surface area contributed by atoms with Gasteiger partial charge in [0.05, 0.1) is 12.3 Å². The Morgan fingerprint density at radius 1 is 1.19 bits per heavy atom. The fraction of sp³-hybridized carbons (Fsp3) is 0.562. The molecule has 1 heterocycles. The number of hydrogen-bond acceptors (Lipinski definition) is 5. The molecule has 0 unspecified atom stereocenters. The molecule has 1 aliphatic rings. The van der Waals surface area contributed by atoms with E-state index in [1.54, 1.807) is 36.3 Å². The molecular weight excluding hydrogens is 358 g/mol. The third kappa shape index (κ3) is 5.84. The summed E-state index contributed by atoms with van der Waals surface area (Å²) in [4.78, 5) is 16.4. The second-order valence-corrected chi connectivity index (χ2v) is 8.11. The van der Waals surface area contributed by atoms with Crippen molar-refractivity contribution in [2.75, 3.05) is 70.6 Å². The van der Waals surface area contributed by atoms with Crippen LogP contribution in [0.3, 0.4) is 0 Å². The van der Waals surface area contributed by atoms with Crippen LogP contribution >= 0.6 is 0 Å². The number of hydrogen-bond donors (Lipinski definition) is 2. The number of benzene rings is 1. The van der Waals surface area contributed by atoms with Gasteiger partial charge < -0.3 is 15.0 Å². The minimum Gasteiger partial charge on any atom is -0.383 e. The van der Waals surface area contributed by atoms with E-state index >= 15 is 0 Å². The van der Waals surface area contributed by atoms with Gasteiger partial charge in [-0.3, -0.25) is 9.62 Å². The summed E-state index contributed by atoms with van der Waals surface area (Å²) in [6.07, 6.45) is 0. The number of anilines is 2. The van der Waals surface area contributed by atoms with Crippen molar-refractivity contribution >= 4 is 27.6 Å². The predicted molar refractivity (Wildman–Crippen MR) is 102 cm³/mol. The third-order valence-corrected chi connectivity index (χ3v) is 5.57. The molecule has 1 fully saturated rings. The number of carbonyl (C=O) groups is 1. The largest absolute Gasteiger partial charge is 0.383 e. The van der Waals surface area contributed by atoms with Crippen LogP contribution in [-0.4, -0.2) is 89.1 Å². The Labute approximate surface area is 155 Å². The number of ether oxygens (including phenoxy) is 1. The van der Waals surface area contributed by atoms with Gasteiger partial charge in [-0.2, -0.15) is 12.7 Å². The van der Waals surface area contributed by atoms with Crippen molar-refractivity contribution in [3.63, 3.8) is 0 Å². The van der Waals surface area contributed by atoms with Gasteiger partial charge in [0.1, 0.15) is 0 Å². The molecule has 0 aliphatic carbocycles. The standard InChI is InChI=1S/C16H27N5O4S/c1-19(2)26(23,24)18-15-6-4-5-14(13-15)17-16(22)21-9-7-20(8-10-21)11-12-25-3/h4-6,13,18H,7-12H2,1-3H3,(H,17,22). The molecule has 0 spiro atoms. The van der Waals surface area contributed by atoms with Crippen LogP contribution in [0.15, 0.2) is 24.3 Å². The molecule has 0 aromatic heterocycles. The number of piperazine rings is 1. The van der Waals surface area contributed by atoms with E-state index < -0.39 is 10.2 Å². The molecule has 2 N–H and O–H groups in total. The van der Waals surface area contributed by atoms with Crippen molar-refractivity contribution in [3.05, 3.63) is 24.3 Å². The van der Waals surface area contributed by atoms with E-state index in [2.05, 4.69) is 14.9 Å². The highest BCUT2D eigenvalue weighted by Gasteiger charge is 2.21. The maximum Gasteiger partial charge on any atom is 0.321 e. The van der Waals surface area contributed by atoms with Crippen LogP contribution in [-0.2, 0) is 14.9 Å². The van der Waals surface area contributed by atoms with Crippen LogP contribution in [0.1, 0.15) is 0 Å². The molecule has 146 valence electrons. The monoisotopic (exact) mass is 385 g/mol. The normalized spacial score (nSPS) is 15.9. The van der Waals surface area contributed by atoms with E-state index in [0.29, 0.717) is 31.1 Å². The molecule has 26 heavy (non-hydrogen) atoms. The van der Waals surface area contributed by atoms with Crippen molar-refractivity contribution in [1.29, 1.82) is 0 Å². The van der Waals surface area contributed by atoms with Gasteiger partial charge in [-0.15, -0.1) is 0 Å². The molecule has 1 saturated heterocycles. The molecule has 1 aromatic carbocycles. The summed E-state index contributed by atoms with van der Waals surface area (Å²) >= 11 is 0. The Balaban J connectivity index is 1.91. The average Bonchev–Trinajstić information content (AvgIpc) is 2.60. The summed E-state index contributed by atoms with van der Waals surface area (Å²) < 4.78 is 32.4. The lowest BCUT2D eigenvalue weighted by atomic mass is 10.3. The smallest absolute Gasteiger partial charge is 0.321 e. The molecule has 10 heteroatoms. The van der Waals surface area contributed by atoms with Crippen molar-refractivity contribution in [3.8, 4) is 0 Å². The van der Waals surface area contributed by atoms with E-state index in [1.807, 2.05) is 0 Å². The number of methoxy groups -OCH3 is 1. The lowest BCUT2D eigenvalue weighted by Crippen LogP contribution is -2.50. The highest BCUT2D eigenvalue weighted by molar-refractivity contribution is 7.90. The summed E-state index contributed by atoms with van der Waals surface area (Å²) in [6, 6.07) is 6.44. The number of amides is 2. The zero-order chi connectivity index (χ0) is 19.2. The van der Waals surface area contributed by atoms with Gasteiger partial charge in [0.25, 0.3) is 0 Å². The average molecular weight is 385 g/mol. The maximum atomic E-state index is 12.4. The lowest BCUT2D eigenvalue weighted by Gasteiger charge is -2.34.